The number of benzene rings is 1. The molecule has 0 unspecified atom stereocenters. The normalized spacial score (nSPS) is 18.4. The first-order chi connectivity index (χ1) is 9.70. The van der Waals surface area contributed by atoms with Crippen molar-refractivity contribution in [1.29, 1.82) is 0 Å². The first kappa shape index (κ1) is 14.2. The molecule has 0 N–H and O–H groups in total. The van der Waals surface area contributed by atoms with Gasteiger partial charge in [-0.3, -0.25) is 4.79 Å². The molecule has 0 bridgehead atoms. The highest BCUT2D eigenvalue weighted by Crippen LogP contribution is 2.31. The van der Waals surface area contributed by atoms with E-state index in [2.05, 4.69) is 38.2 Å². The van der Waals surface area contributed by atoms with E-state index >= 15 is 0 Å². The van der Waals surface area contributed by atoms with E-state index in [1.807, 2.05) is 17.1 Å². The summed E-state index contributed by atoms with van der Waals surface area (Å²) < 4.78 is 2.04. The largest absolute Gasteiger partial charge is 0.273 e. The fraction of sp³-hybridized carbons (Fsp3) is 0.308. The van der Waals surface area contributed by atoms with Crippen molar-refractivity contribution in [2.45, 2.75) is 18.6 Å². The summed E-state index contributed by atoms with van der Waals surface area (Å²) in [5, 5.41) is 7.10. The van der Waals surface area contributed by atoms with Crippen molar-refractivity contribution >= 4 is 54.9 Å². The van der Waals surface area contributed by atoms with Crippen LogP contribution in [0.5, 0.6) is 0 Å². The Hall–Kier alpha value is -0.790. The number of hydrazone groups is 1. The van der Waals surface area contributed by atoms with Crippen LogP contribution < -0.4 is 0 Å². The molecular formula is C13H12BrN3OS2. The molecule has 0 aromatic heterocycles. The molecule has 0 spiro atoms. The third-order valence-electron chi connectivity index (χ3n) is 2.86. The minimum absolute atomic E-state index is 0.0376. The monoisotopic (exact) mass is 369 g/mol. The minimum Gasteiger partial charge on any atom is -0.273 e. The van der Waals surface area contributed by atoms with Crippen molar-refractivity contribution in [2.75, 3.05) is 6.54 Å². The Labute approximate surface area is 134 Å². The van der Waals surface area contributed by atoms with Crippen molar-refractivity contribution in [3.8, 4) is 0 Å². The Morgan fingerprint density at radius 1 is 1.35 bits per heavy atom. The van der Waals surface area contributed by atoms with Crippen LogP contribution in [0.15, 0.2) is 38.8 Å². The van der Waals surface area contributed by atoms with E-state index in [1.54, 1.807) is 11.8 Å². The lowest BCUT2D eigenvalue weighted by Crippen LogP contribution is -2.18. The topological polar surface area (TPSA) is 45.0 Å². The number of carbonyl (C=O) groups excluding carboxylic acids is 1. The molecule has 104 valence electrons. The lowest BCUT2D eigenvalue weighted by atomic mass is 10.2. The summed E-state index contributed by atoms with van der Waals surface area (Å²) in [6, 6.07) is 8.26. The van der Waals surface area contributed by atoms with Crippen LogP contribution in [0.4, 0.5) is 0 Å². The van der Waals surface area contributed by atoms with E-state index in [0.717, 1.165) is 32.7 Å². The van der Waals surface area contributed by atoms with Crippen molar-refractivity contribution in [2.24, 2.45) is 10.1 Å². The molecule has 0 fully saturated rings. The van der Waals surface area contributed by atoms with E-state index < -0.39 is 0 Å². The number of fused-ring (bicyclic) bond motifs is 1. The summed E-state index contributed by atoms with van der Waals surface area (Å²) in [5.74, 6) is 0.832. The quantitative estimate of drug-likeness (QED) is 0.797. The minimum atomic E-state index is -0.0376. The number of amidine groups is 1. The van der Waals surface area contributed by atoms with Crippen LogP contribution in [-0.4, -0.2) is 27.0 Å². The van der Waals surface area contributed by atoms with Gasteiger partial charge < -0.3 is 0 Å². The lowest BCUT2D eigenvalue weighted by molar-refractivity contribution is -0.117. The van der Waals surface area contributed by atoms with Crippen LogP contribution in [0.2, 0.25) is 0 Å². The number of thioether (sulfide) groups is 2. The van der Waals surface area contributed by atoms with Crippen molar-refractivity contribution in [1.82, 2.24) is 5.01 Å². The molecular weight excluding hydrogens is 358 g/mol. The van der Waals surface area contributed by atoms with E-state index in [4.69, 9.17) is 0 Å². The Morgan fingerprint density at radius 3 is 2.95 bits per heavy atom. The summed E-state index contributed by atoms with van der Waals surface area (Å²) in [6.07, 6.45) is 1.35. The molecule has 7 heteroatoms. The number of halogens is 1. The van der Waals surface area contributed by atoms with Gasteiger partial charge in [0.15, 0.2) is 9.54 Å². The fourth-order valence-electron chi connectivity index (χ4n) is 1.85. The van der Waals surface area contributed by atoms with Gasteiger partial charge in [0.2, 0.25) is 5.91 Å². The van der Waals surface area contributed by atoms with Gasteiger partial charge in [-0.15, -0.1) is 0 Å². The van der Waals surface area contributed by atoms with Gasteiger partial charge in [-0.05, 0) is 35.9 Å². The number of carbonyl (C=O) groups is 1. The molecule has 0 radical (unpaired) electrons. The molecule has 0 saturated carbocycles. The third kappa shape index (κ3) is 3.45. The number of nitrogens with zero attached hydrogens (tertiary/aromatic N) is 3. The number of hydrogen-bond acceptors (Lipinski definition) is 5. The highest BCUT2D eigenvalue weighted by molar-refractivity contribution is 9.10. The molecule has 1 aromatic carbocycles. The first-order valence-corrected chi connectivity index (χ1v) is 8.83. The fourth-order valence-corrected chi connectivity index (χ4v) is 4.07. The summed E-state index contributed by atoms with van der Waals surface area (Å²) in [6.45, 7) is 0.778. The molecule has 0 saturated heterocycles. The highest BCUT2D eigenvalue weighted by Gasteiger charge is 2.26. The van der Waals surface area contributed by atoms with Gasteiger partial charge in [-0.1, -0.05) is 39.8 Å². The Balaban J connectivity index is 1.62. The van der Waals surface area contributed by atoms with Gasteiger partial charge in [-0.2, -0.15) is 10.1 Å². The number of hydrogen-bond donors (Lipinski definition) is 0. The number of amides is 1. The van der Waals surface area contributed by atoms with Gasteiger partial charge >= 0.3 is 0 Å². The smallest absolute Gasteiger partial charge is 0.248 e. The van der Waals surface area contributed by atoms with E-state index in [9.17, 15) is 4.79 Å². The summed E-state index contributed by atoms with van der Waals surface area (Å²) in [7, 11) is 0. The van der Waals surface area contributed by atoms with E-state index in [0.29, 0.717) is 6.42 Å². The van der Waals surface area contributed by atoms with Crippen molar-refractivity contribution in [3.63, 3.8) is 0 Å². The third-order valence-corrected chi connectivity index (χ3v) is 5.54. The zero-order chi connectivity index (χ0) is 13.9. The maximum Gasteiger partial charge on any atom is 0.248 e. The maximum atomic E-state index is 11.5. The van der Waals surface area contributed by atoms with Crippen LogP contribution in [0, 0.1) is 0 Å². The zero-order valence-electron chi connectivity index (χ0n) is 10.6. The van der Waals surface area contributed by atoms with E-state index in [-0.39, 0.29) is 5.91 Å². The maximum absolute atomic E-state index is 11.5. The number of aliphatic imine (C=N–C) groups is 1. The van der Waals surface area contributed by atoms with Gasteiger partial charge in [-0.25, -0.2) is 5.01 Å². The second-order valence-corrected chi connectivity index (χ2v) is 7.49. The van der Waals surface area contributed by atoms with Gasteiger partial charge in [0.1, 0.15) is 0 Å². The first-order valence-electron chi connectivity index (χ1n) is 6.23. The molecule has 0 aliphatic carbocycles. The van der Waals surface area contributed by atoms with Crippen molar-refractivity contribution in [3.05, 3.63) is 34.3 Å². The average Bonchev–Trinajstić information content (AvgIpc) is 2.72. The van der Waals surface area contributed by atoms with Crippen LogP contribution in [0.3, 0.4) is 0 Å². The molecule has 20 heavy (non-hydrogen) atoms. The summed E-state index contributed by atoms with van der Waals surface area (Å²) in [5.41, 5.74) is 1.25. The SMILES string of the molecule is O=C1CCCN2N=C(SCc3ccc(Br)cc3)SC2=N1. The van der Waals surface area contributed by atoms with E-state index in [1.165, 1.54) is 17.3 Å². The van der Waals surface area contributed by atoms with Crippen LogP contribution in [0.25, 0.3) is 0 Å². The van der Waals surface area contributed by atoms with Crippen LogP contribution in [-0.2, 0) is 10.5 Å². The molecule has 1 amide bonds. The Morgan fingerprint density at radius 2 is 2.15 bits per heavy atom. The second kappa shape index (κ2) is 6.32. The Kier molecular flexibility index (Phi) is 4.48. The molecule has 1 aromatic rings. The molecule has 0 atom stereocenters. The summed E-state index contributed by atoms with van der Waals surface area (Å²) in [4.78, 5) is 15.5. The van der Waals surface area contributed by atoms with Crippen LogP contribution >= 0.6 is 39.5 Å². The van der Waals surface area contributed by atoms with Crippen LogP contribution in [0.1, 0.15) is 18.4 Å². The lowest BCUT2D eigenvalue weighted by Gasteiger charge is -2.08. The molecule has 2 heterocycles. The predicted molar refractivity (Wildman–Crippen MR) is 88.8 cm³/mol. The molecule has 2 aliphatic heterocycles. The average molecular weight is 370 g/mol. The number of rotatable bonds is 2. The van der Waals surface area contributed by atoms with Gasteiger partial charge in [0.25, 0.3) is 0 Å². The van der Waals surface area contributed by atoms with Gasteiger partial charge in [0, 0.05) is 23.2 Å². The predicted octanol–water partition coefficient (Wildman–Crippen LogP) is 3.68. The standard InChI is InChI=1S/C13H12BrN3OS2/c14-10-5-3-9(4-6-10)8-19-13-16-17-7-1-2-11(18)15-12(17)20-13/h3-6H,1-2,7-8H2. The molecule has 4 nitrogen and oxygen atoms in total. The molecule has 3 rings (SSSR count). The second-order valence-electron chi connectivity index (χ2n) is 4.40. The highest BCUT2D eigenvalue weighted by atomic mass is 79.9. The zero-order valence-corrected chi connectivity index (χ0v) is 13.8. The summed E-state index contributed by atoms with van der Waals surface area (Å²) >= 11 is 6.60. The van der Waals surface area contributed by atoms with Gasteiger partial charge in [0.05, 0.1) is 0 Å². The van der Waals surface area contributed by atoms with Crippen molar-refractivity contribution < 1.29 is 4.79 Å². The Bertz CT molecular complexity index is 586. The molecule has 2 aliphatic rings.